The zero-order valence-electron chi connectivity index (χ0n) is 28.6. The van der Waals surface area contributed by atoms with E-state index in [9.17, 15) is 16.8 Å². The normalized spacial score (nSPS) is 12.1. The number of hydrogen-bond donors (Lipinski definition) is 2. The Bertz CT molecular complexity index is 1130. The SMILES string of the molecule is Cc1ccc(OCCOCCOCCOCCOCCCCS(=O)(=O)O)c(OCCOCCOCCOCCOCCCCS(=O)(=O)O)c1. The summed E-state index contributed by atoms with van der Waals surface area (Å²) < 4.78 is 115. The highest BCUT2D eigenvalue weighted by Gasteiger charge is 2.07. The fourth-order valence-corrected chi connectivity index (χ4v) is 4.91. The number of unbranched alkanes of at least 4 members (excludes halogenated alkanes) is 2. The van der Waals surface area contributed by atoms with Gasteiger partial charge in [-0.2, -0.15) is 16.8 Å². The van der Waals surface area contributed by atoms with E-state index in [0.717, 1.165) is 5.56 Å². The molecule has 0 radical (unpaired) electrons. The van der Waals surface area contributed by atoms with Gasteiger partial charge in [0.15, 0.2) is 11.5 Å². The summed E-state index contributed by atoms with van der Waals surface area (Å²) >= 11 is 0. The summed E-state index contributed by atoms with van der Waals surface area (Å²) in [5, 5.41) is 0. The molecule has 0 saturated carbocycles. The zero-order valence-corrected chi connectivity index (χ0v) is 30.3. The van der Waals surface area contributed by atoms with E-state index < -0.39 is 20.2 Å². The monoisotopic (exact) mass is 748 g/mol. The van der Waals surface area contributed by atoms with Crippen molar-refractivity contribution in [2.75, 3.05) is 130 Å². The highest BCUT2D eigenvalue weighted by atomic mass is 32.2. The third-order valence-corrected chi connectivity index (χ3v) is 7.79. The largest absolute Gasteiger partial charge is 0.487 e. The van der Waals surface area contributed by atoms with E-state index in [1.54, 1.807) is 0 Å². The van der Waals surface area contributed by atoms with Crippen LogP contribution in [0.1, 0.15) is 31.2 Å². The first kappa shape index (κ1) is 45.3. The van der Waals surface area contributed by atoms with Crippen molar-refractivity contribution in [2.24, 2.45) is 0 Å². The fraction of sp³-hybridized carbons (Fsp3) is 0.806. The Morgan fingerprint density at radius 1 is 0.429 bits per heavy atom. The molecule has 2 N–H and O–H groups in total. The van der Waals surface area contributed by atoms with Crippen LogP contribution in [-0.4, -0.2) is 156 Å². The first-order valence-electron chi connectivity index (χ1n) is 16.5. The van der Waals surface area contributed by atoms with Crippen LogP contribution in [-0.2, 0) is 58.1 Å². The van der Waals surface area contributed by atoms with Gasteiger partial charge in [0.25, 0.3) is 20.2 Å². The van der Waals surface area contributed by atoms with Gasteiger partial charge in [-0.1, -0.05) is 6.07 Å². The van der Waals surface area contributed by atoms with Crippen LogP contribution >= 0.6 is 0 Å². The van der Waals surface area contributed by atoms with Gasteiger partial charge >= 0.3 is 0 Å². The van der Waals surface area contributed by atoms with Crippen LogP contribution in [0.3, 0.4) is 0 Å². The average molecular weight is 749 g/mol. The topological polar surface area (TPSA) is 201 Å². The summed E-state index contributed by atoms with van der Waals surface area (Å²) in [7, 11) is -7.81. The van der Waals surface area contributed by atoms with Crippen molar-refractivity contribution in [3.05, 3.63) is 23.8 Å². The molecule has 0 fully saturated rings. The minimum Gasteiger partial charge on any atom is -0.487 e. The van der Waals surface area contributed by atoms with E-state index in [0.29, 0.717) is 156 Å². The van der Waals surface area contributed by atoms with Crippen LogP contribution in [0, 0.1) is 6.92 Å². The molecular weight excluding hydrogens is 692 g/mol. The fourth-order valence-electron chi connectivity index (χ4n) is 3.77. The number of hydrogen-bond acceptors (Lipinski definition) is 14. The first-order chi connectivity index (χ1) is 23.6. The minimum atomic E-state index is -3.90. The summed E-state index contributed by atoms with van der Waals surface area (Å²) in [5.41, 5.74) is 1.04. The summed E-state index contributed by atoms with van der Waals surface area (Å²) in [6.07, 6.45) is 1.82. The molecule has 0 aliphatic rings. The highest BCUT2D eigenvalue weighted by molar-refractivity contribution is 7.86. The van der Waals surface area contributed by atoms with Crippen molar-refractivity contribution in [1.29, 1.82) is 0 Å². The average Bonchev–Trinajstić information content (AvgIpc) is 3.03. The smallest absolute Gasteiger partial charge is 0.264 e. The van der Waals surface area contributed by atoms with E-state index in [1.165, 1.54) is 0 Å². The Morgan fingerprint density at radius 3 is 1.08 bits per heavy atom. The molecule has 0 heterocycles. The van der Waals surface area contributed by atoms with Gasteiger partial charge in [0.05, 0.1) is 104 Å². The maximum Gasteiger partial charge on any atom is 0.264 e. The lowest BCUT2D eigenvalue weighted by atomic mass is 10.2. The van der Waals surface area contributed by atoms with E-state index in [1.807, 2.05) is 25.1 Å². The molecule has 0 amide bonds. The zero-order chi connectivity index (χ0) is 35.9. The Hall–Kier alpha value is -1.68. The third-order valence-electron chi connectivity index (χ3n) is 6.18. The molecule has 1 aromatic carbocycles. The molecule has 0 unspecified atom stereocenters. The van der Waals surface area contributed by atoms with Crippen molar-refractivity contribution in [3.63, 3.8) is 0 Å². The van der Waals surface area contributed by atoms with Crippen molar-refractivity contribution < 1.29 is 73.3 Å². The highest BCUT2D eigenvalue weighted by Crippen LogP contribution is 2.28. The van der Waals surface area contributed by atoms with Gasteiger partial charge in [-0.25, -0.2) is 0 Å². The quantitative estimate of drug-likeness (QED) is 0.0747. The molecule has 16 nitrogen and oxygen atoms in total. The molecule has 0 saturated heterocycles. The number of rotatable bonds is 36. The molecule has 0 bridgehead atoms. The molecule has 0 aliphatic heterocycles. The Kier molecular flexibility index (Phi) is 27.8. The van der Waals surface area contributed by atoms with Crippen molar-refractivity contribution >= 4 is 20.2 Å². The summed E-state index contributed by atoms with van der Waals surface area (Å²) in [4.78, 5) is 0. The first-order valence-corrected chi connectivity index (χ1v) is 19.7. The van der Waals surface area contributed by atoms with Crippen molar-refractivity contribution in [2.45, 2.75) is 32.6 Å². The lowest BCUT2D eigenvalue weighted by Crippen LogP contribution is -2.15. The second kappa shape index (κ2) is 30.0. The van der Waals surface area contributed by atoms with Crippen LogP contribution in [0.25, 0.3) is 0 Å². The van der Waals surface area contributed by atoms with Gasteiger partial charge in [0.2, 0.25) is 0 Å². The Morgan fingerprint density at radius 2 is 0.735 bits per heavy atom. The maximum absolute atomic E-state index is 10.6. The molecule has 0 spiro atoms. The summed E-state index contributed by atoms with van der Waals surface area (Å²) in [6, 6.07) is 5.71. The van der Waals surface area contributed by atoms with E-state index in [-0.39, 0.29) is 11.5 Å². The second-order valence-electron chi connectivity index (χ2n) is 10.5. The summed E-state index contributed by atoms with van der Waals surface area (Å²) in [5.74, 6) is 0.743. The van der Waals surface area contributed by atoms with Gasteiger partial charge in [-0.15, -0.1) is 0 Å². The van der Waals surface area contributed by atoms with Crippen molar-refractivity contribution in [3.8, 4) is 11.5 Å². The van der Waals surface area contributed by atoms with E-state index in [2.05, 4.69) is 0 Å². The van der Waals surface area contributed by atoms with Crippen molar-refractivity contribution in [1.82, 2.24) is 0 Å². The van der Waals surface area contributed by atoms with Crippen LogP contribution in [0.4, 0.5) is 0 Å². The Labute approximate surface area is 291 Å². The van der Waals surface area contributed by atoms with Gasteiger partial charge < -0.3 is 47.4 Å². The molecule has 1 aromatic rings. The standard InChI is InChI=1S/C31H56O16S2/c1-29-6-7-30(46-24-22-44-20-18-42-16-14-40-12-10-38-8-2-4-26-48(32,33)34)31(28-29)47-25-23-45-21-19-43-17-15-41-13-11-39-9-3-5-27-49(35,36)37/h6-7,28H,2-5,8-27H2,1H3,(H,32,33,34)(H,35,36,37). The number of ether oxygens (including phenoxy) is 10. The van der Waals surface area contributed by atoms with Gasteiger partial charge in [0.1, 0.15) is 13.2 Å². The number of benzene rings is 1. The minimum absolute atomic E-state index is 0.254. The molecule has 49 heavy (non-hydrogen) atoms. The van der Waals surface area contributed by atoms with Crippen LogP contribution in [0.15, 0.2) is 18.2 Å². The predicted molar refractivity (Wildman–Crippen MR) is 180 cm³/mol. The molecule has 18 heteroatoms. The van der Waals surface area contributed by atoms with Crippen LogP contribution in [0.5, 0.6) is 11.5 Å². The molecule has 0 atom stereocenters. The van der Waals surface area contributed by atoms with Crippen LogP contribution in [0.2, 0.25) is 0 Å². The van der Waals surface area contributed by atoms with E-state index >= 15 is 0 Å². The molecule has 0 aromatic heterocycles. The van der Waals surface area contributed by atoms with Gasteiger partial charge in [-0.05, 0) is 50.3 Å². The molecular formula is C31H56O16S2. The second-order valence-corrected chi connectivity index (χ2v) is 13.7. The molecule has 0 aliphatic carbocycles. The lowest BCUT2D eigenvalue weighted by Gasteiger charge is -2.14. The lowest BCUT2D eigenvalue weighted by molar-refractivity contribution is -0.00560. The van der Waals surface area contributed by atoms with Gasteiger partial charge in [0, 0.05) is 13.2 Å². The van der Waals surface area contributed by atoms with E-state index in [4.69, 9.17) is 56.5 Å². The maximum atomic E-state index is 10.6. The molecule has 1 rings (SSSR count). The van der Waals surface area contributed by atoms with Gasteiger partial charge in [-0.3, -0.25) is 9.11 Å². The summed E-state index contributed by atoms with van der Waals surface area (Å²) in [6.45, 7) is 9.29. The predicted octanol–water partition coefficient (Wildman–Crippen LogP) is 2.22. The Balaban J connectivity index is 1.93. The third kappa shape index (κ3) is 32.0. The van der Waals surface area contributed by atoms with Crippen LogP contribution < -0.4 is 9.47 Å². The molecule has 288 valence electrons. The number of aryl methyl sites for hydroxylation is 1.